The van der Waals surface area contributed by atoms with Gasteiger partial charge in [0.25, 0.3) is 0 Å². The predicted octanol–water partition coefficient (Wildman–Crippen LogP) is 4.41. The quantitative estimate of drug-likeness (QED) is 0.760. The first-order chi connectivity index (χ1) is 7.68. The number of nitrogens with zero attached hydrogens (tertiary/aromatic N) is 1. The van der Waals surface area contributed by atoms with E-state index in [2.05, 4.69) is 4.98 Å². The molecule has 0 aliphatic rings. The van der Waals surface area contributed by atoms with Crippen LogP contribution in [0.15, 0.2) is 40.9 Å². The van der Waals surface area contributed by atoms with Crippen LogP contribution in [0.3, 0.4) is 0 Å². The van der Waals surface area contributed by atoms with Gasteiger partial charge in [-0.05, 0) is 35.9 Å². The number of rotatable bonds is 3. The molecule has 0 saturated heterocycles. The lowest BCUT2D eigenvalue weighted by Crippen LogP contribution is -2.03. The minimum absolute atomic E-state index is 0.0742. The van der Waals surface area contributed by atoms with E-state index in [9.17, 15) is 0 Å². The molecule has 4 heteroatoms. The normalized spacial score (nSPS) is 14.7. The molecule has 0 radical (unpaired) electrons. The van der Waals surface area contributed by atoms with Gasteiger partial charge in [0.1, 0.15) is 5.76 Å². The molecule has 2 heterocycles. The van der Waals surface area contributed by atoms with Gasteiger partial charge in [-0.3, -0.25) is 4.98 Å². The van der Waals surface area contributed by atoms with Crippen LogP contribution >= 0.6 is 23.2 Å². The van der Waals surface area contributed by atoms with E-state index in [0.29, 0.717) is 11.0 Å². The minimum atomic E-state index is -0.262. The Labute approximate surface area is 104 Å². The molecule has 84 valence electrons. The zero-order valence-corrected chi connectivity index (χ0v) is 10.2. The standard InChI is InChI=1S/C12H11Cl2NO/c1-8(9-4-2-3-7-15-9)12(14)10-5-6-11(13)16-10/h2-8,12H,1H3. The van der Waals surface area contributed by atoms with Gasteiger partial charge in [0, 0.05) is 17.8 Å². The molecule has 2 aromatic rings. The monoisotopic (exact) mass is 255 g/mol. The Hall–Kier alpha value is -0.990. The number of aromatic nitrogens is 1. The van der Waals surface area contributed by atoms with Gasteiger partial charge in [0.15, 0.2) is 5.22 Å². The second-order valence-corrected chi connectivity index (χ2v) is 4.43. The minimum Gasteiger partial charge on any atom is -0.448 e. The van der Waals surface area contributed by atoms with E-state index in [1.54, 1.807) is 18.3 Å². The number of hydrogen-bond donors (Lipinski definition) is 0. The van der Waals surface area contributed by atoms with Crippen LogP contribution in [-0.4, -0.2) is 4.98 Å². The largest absolute Gasteiger partial charge is 0.448 e. The Morgan fingerprint density at radius 1 is 1.25 bits per heavy atom. The Kier molecular flexibility index (Phi) is 3.52. The van der Waals surface area contributed by atoms with Crippen molar-refractivity contribution in [3.05, 3.63) is 53.2 Å². The zero-order valence-electron chi connectivity index (χ0n) is 8.73. The number of pyridine rings is 1. The lowest BCUT2D eigenvalue weighted by Gasteiger charge is -2.15. The maximum Gasteiger partial charge on any atom is 0.193 e. The Balaban J connectivity index is 2.19. The third-order valence-corrected chi connectivity index (χ3v) is 3.26. The summed E-state index contributed by atoms with van der Waals surface area (Å²) in [5.74, 6) is 0.745. The molecule has 0 aliphatic carbocycles. The average Bonchev–Trinajstić information content (AvgIpc) is 2.75. The van der Waals surface area contributed by atoms with E-state index in [1.807, 2.05) is 25.1 Å². The molecule has 2 unspecified atom stereocenters. The first-order valence-corrected chi connectivity index (χ1v) is 5.80. The summed E-state index contributed by atoms with van der Waals surface area (Å²) in [6.07, 6.45) is 1.75. The third kappa shape index (κ3) is 2.39. The van der Waals surface area contributed by atoms with Crippen LogP contribution in [0.4, 0.5) is 0 Å². The van der Waals surface area contributed by atoms with Crippen molar-refractivity contribution in [1.29, 1.82) is 0 Å². The molecule has 2 atom stereocenters. The van der Waals surface area contributed by atoms with Crippen LogP contribution in [0, 0.1) is 0 Å². The molecule has 0 bridgehead atoms. The summed E-state index contributed by atoms with van der Waals surface area (Å²) in [6.45, 7) is 2.01. The molecule has 0 fully saturated rings. The molecule has 2 nitrogen and oxygen atoms in total. The highest BCUT2D eigenvalue weighted by molar-refractivity contribution is 6.29. The predicted molar refractivity (Wildman–Crippen MR) is 65.0 cm³/mol. The second kappa shape index (κ2) is 4.89. The van der Waals surface area contributed by atoms with Crippen LogP contribution in [-0.2, 0) is 0 Å². The summed E-state index contributed by atoms with van der Waals surface area (Å²) >= 11 is 12.0. The van der Waals surface area contributed by atoms with Crippen molar-refractivity contribution in [2.24, 2.45) is 0 Å². The topological polar surface area (TPSA) is 26.0 Å². The summed E-state index contributed by atoms with van der Waals surface area (Å²) in [5, 5.41) is 0.0938. The Bertz CT molecular complexity index is 455. The van der Waals surface area contributed by atoms with Crippen molar-refractivity contribution in [2.75, 3.05) is 0 Å². The van der Waals surface area contributed by atoms with Crippen molar-refractivity contribution in [3.8, 4) is 0 Å². The Morgan fingerprint density at radius 3 is 2.62 bits per heavy atom. The number of hydrogen-bond acceptors (Lipinski definition) is 2. The fraction of sp³-hybridized carbons (Fsp3) is 0.250. The van der Waals surface area contributed by atoms with Gasteiger partial charge in [0.05, 0.1) is 5.38 Å². The Morgan fingerprint density at radius 2 is 2.06 bits per heavy atom. The molecule has 0 N–H and O–H groups in total. The molecule has 0 saturated carbocycles. The van der Waals surface area contributed by atoms with Crippen molar-refractivity contribution in [3.63, 3.8) is 0 Å². The molecule has 0 amide bonds. The summed E-state index contributed by atoms with van der Waals surface area (Å²) in [6, 6.07) is 9.25. The van der Waals surface area contributed by atoms with Gasteiger partial charge in [-0.1, -0.05) is 13.0 Å². The summed E-state index contributed by atoms with van der Waals surface area (Å²) in [7, 11) is 0. The molecular formula is C12H11Cl2NO. The van der Waals surface area contributed by atoms with E-state index in [4.69, 9.17) is 27.6 Å². The van der Waals surface area contributed by atoms with Crippen molar-refractivity contribution >= 4 is 23.2 Å². The number of furan rings is 1. The highest BCUT2D eigenvalue weighted by Crippen LogP contribution is 2.36. The molecule has 0 aromatic carbocycles. The van der Waals surface area contributed by atoms with E-state index in [1.165, 1.54) is 0 Å². The summed E-state index contributed by atoms with van der Waals surface area (Å²) < 4.78 is 5.29. The lowest BCUT2D eigenvalue weighted by atomic mass is 10.0. The molecule has 0 aliphatic heterocycles. The van der Waals surface area contributed by atoms with Crippen LogP contribution in [0.5, 0.6) is 0 Å². The van der Waals surface area contributed by atoms with Crippen LogP contribution < -0.4 is 0 Å². The van der Waals surface area contributed by atoms with Gasteiger partial charge >= 0.3 is 0 Å². The molecule has 0 spiro atoms. The van der Waals surface area contributed by atoms with Crippen LogP contribution in [0.2, 0.25) is 5.22 Å². The van der Waals surface area contributed by atoms with E-state index < -0.39 is 0 Å². The maximum atomic E-state index is 6.31. The van der Waals surface area contributed by atoms with Gasteiger partial charge in [-0.2, -0.15) is 0 Å². The van der Waals surface area contributed by atoms with Crippen molar-refractivity contribution in [1.82, 2.24) is 4.98 Å². The van der Waals surface area contributed by atoms with E-state index in [0.717, 1.165) is 5.69 Å². The molecule has 2 rings (SSSR count). The molecular weight excluding hydrogens is 245 g/mol. The van der Waals surface area contributed by atoms with Gasteiger partial charge < -0.3 is 4.42 Å². The molecule has 2 aromatic heterocycles. The fourth-order valence-electron chi connectivity index (χ4n) is 1.52. The van der Waals surface area contributed by atoms with Crippen molar-refractivity contribution < 1.29 is 4.42 Å². The van der Waals surface area contributed by atoms with Gasteiger partial charge in [-0.15, -0.1) is 11.6 Å². The molecule has 16 heavy (non-hydrogen) atoms. The second-order valence-electron chi connectivity index (χ2n) is 3.59. The van der Waals surface area contributed by atoms with Gasteiger partial charge in [0.2, 0.25) is 0 Å². The first-order valence-electron chi connectivity index (χ1n) is 4.98. The smallest absolute Gasteiger partial charge is 0.193 e. The highest BCUT2D eigenvalue weighted by Gasteiger charge is 2.22. The fourth-order valence-corrected chi connectivity index (χ4v) is 1.92. The summed E-state index contributed by atoms with van der Waals surface area (Å²) in [5.41, 5.74) is 0.940. The lowest BCUT2D eigenvalue weighted by molar-refractivity contribution is 0.483. The van der Waals surface area contributed by atoms with E-state index in [-0.39, 0.29) is 11.3 Å². The first kappa shape index (κ1) is 11.5. The third-order valence-electron chi connectivity index (χ3n) is 2.46. The highest BCUT2D eigenvalue weighted by atomic mass is 35.5. The SMILES string of the molecule is CC(c1ccccn1)C(Cl)c1ccc(Cl)o1. The summed E-state index contributed by atoms with van der Waals surface area (Å²) in [4.78, 5) is 4.27. The maximum absolute atomic E-state index is 6.31. The van der Waals surface area contributed by atoms with Crippen molar-refractivity contribution in [2.45, 2.75) is 18.2 Å². The number of halogens is 2. The van der Waals surface area contributed by atoms with Crippen LogP contribution in [0.1, 0.15) is 29.7 Å². The number of alkyl halides is 1. The zero-order chi connectivity index (χ0) is 11.5. The van der Waals surface area contributed by atoms with Gasteiger partial charge in [-0.25, -0.2) is 0 Å². The average molecular weight is 256 g/mol. The van der Waals surface area contributed by atoms with Crippen LogP contribution in [0.25, 0.3) is 0 Å². The van der Waals surface area contributed by atoms with E-state index >= 15 is 0 Å².